The van der Waals surface area contributed by atoms with Crippen molar-refractivity contribution in [2.75, 3.05) is 26.7 Å². The van der Waals surface area contributed by atoms with Crippen LogP contribution in [0.5, 0.6) is 11.5 Å². The molecule has 1 saturated heterocycles. The molecule has 0 unspecified atom stereocenters. The van der Waals surface area contributed by atoms with Crippen LogP contribution in [0, 0.1) is 0 Å². The number of benzene rings is 1. The molecule has 0 aromatic heterocycles. The second-order valence-electron chi connectivity index (χ2n) is 7.66. The van der Waals surface area contributed by atoms with Crippen LogP contribution in [0.15, 0.2) is 34.8 Å². The highest BCUT2D eigenvalue weighted by molar-refractivity contribution is 8.18. The van der Waals surface area contributed by atoms with E-state index in [0.29, 0.717) is 12.1 Å². The summed E-state index contributed by atoms with van der Waals surface area (Å²) in [5.41, 5.74) is 1.85. The van der Waals surface area contributed by atoms with Gasteiger partial charge in [0.1, 0.15) is 0 Å². The molecule has 3 rings (SSSR count). The Bertz CT molecular complexity index is 983. The van der Waals surface area contributed by atoms with Crippen molar-refractivity contribution in [3.63, 3.8) is 0 Å². The molecule has 1 aliphatic heterocycles. The number of methoxy groups -OCH3 is 1. The van der Waals surface area contributed by atoms with E-state index in [0.717, 1.165) is 35.9 Å². The highest BCUT2D eigenvalue weighted by Crippen LogP contribution is 2.34. The molecule has 0 radical (unpaired) electrons. The largest absolute Gasteiger partial charge is 0.493 e. The zero-order chi connectivity index (χ0) is 24.5. The van der Waals surface area contributed by atoms with E-state index in [-0.39, 0.29) is 35.5 Å². The Labute approximate surface area is 200 Å². The number of ether oxygens (including phenoxy) is 2. The number of allylic oxidation sites excluding steroid dienone is 1. The van der Waals surface area contributed by atoms with Crippen LogP contribution in [0.25, 0.3) is 6.08 Å². The SMILES string of the molecule is COc1cc(/C=C2\SC(=O)N(CCNC(=O)NCCC3=CCCCC3)C2=O)ccc1OC(F)F. The quantitative estimate of drug-likeness (QED) is 0.366. The number of carbonyl (C=O) groups excluding carboxylic acids is 3. The molecule has 184 valence electrons. The fourth-order valence-electron chi connectivity index (χ4n) is 3.62. The highest BCUT2D eigenvalue weighted by atomic mass is 32.2. The zero-order valence-corrected chi connectivity index (χ0v) is 19.6. The van der Waals surface area contributed by atoms with Gasteiger partial charge in [0, 0.05) is 19.6 Å². The summed E-state index contributed by atoms with van der Waals surface area (Å²) in [6.45, 7) is -2.31. The fourth-order valence-corrected chi connectivity index (χ4v) is 4.49. The second kappa shape index (κ2) is 12.4. The molecule has 0 bridgehead atoms. The Kier molecular flexibility index (Phi) is 9.32. The lowest BCUT2D eigenvalue weighted by atomic mass is 9.97. The molecule has 8 nitrogen and oxygen atoms in total. The second-order valence-corrected chi connectivity index (χ2v) is 8.66. The molecule has 2 aliphatic rings. The van der Waals surface area contributed by atoms with Gasteiger partial charge >= 0.3 is 12.6 Å². The van der Waals surface area contributed by atoms with E-state index in [1.807, 2.05) is 0 Å². The number of rotatable bonds is 10. The number of nitrogens with zero attached hydrogens (tertiary/aromatic N) is 1. The van der Waals surface area contributed by atoms with Crippen molar-refractivity contribution in [1.82, 2.24) is 15.5 Å². The number of amides is 4. The van der Waals surface area contributed by atoms with Crippen LogP contribution in [0.4, 0.5) is 18.4 Å². The number of halogens is 2. The van der Waals surface area contributed by atoms with E-state index in [1.54, 1.807) is 0 Å². The van der Waals surface area contributed by atoms with Crippen LogP contribution in [0.1, 0.15) is 37.7 Å². The third-order valence-electron chi connectivity index (χ3n) is 5.31. The summed E-state index contributed by atoms with van der Waals surface area (Å²) in [7, 11) is 1.31. The molecule has 0 saturated carbocycles. The smallest absolute Gasteiger partial charge is 0.387 e. The van der Waals surface area contributed by atoms with Crippen molar-refractivity contribution in [2.24, 2.45) is 0 Å². The van der Waals surface area contributed by atoms with Crippen LogP contribution < -0.4 is 20.1 Å². The van der Waals surface area contributed by atoms with E-state index in [2.05, 4.69) is 21.4 Å². The van der Waals surface area contributed by atoms with Gasteiger partial charge in [-0.3, -0.25) is 14.5 Å². The Balaban J connectivity index is 1.49. The third kappa shape index (κ3) is 7.21. The predicted molar refractivity (Wildman–Crippen MR) is 125 cm³/mol. The maximum absolute atomic E-state index is 12.6. The predicted octanol–water partition coefficient (Wildman–Crippen LogP) is 4.52. The third-order valence-corrected chi connectivity index (χ3v) is 6.22. The van der Waals surface area contributed by atoms with Crippen LogP contribution in [-0.4, -0.2) is 55.4 Å². The van der Waals surface area contributed by atoms with E-state index in [9.17, 15) is 23.2 Å². The fraction of sp³-hybridized carbons (Fsp3) is 0.435. The van der Waals surface area contributed by atoms with Crippen LogP contribution >= 0.6 is 11.8 Å². The lowest BCUT2D eigenvalue weighted by molar-refractivity contribution is -0.122. The first kappa shape index (κ1) is 25.5. The zero-order valence-electron chi connectivity index (χ0n) is 18.8. The van der Waals surface area contributed by atoms with E-state index < -0.39 is 17.8 Å². The number of carbonyl (C=O) groups is 3. The summed E-state index contributed by atoms with van der Waals surface area (Å²) in [4.78, 5) is 38.1. The first-order valence-electron chi connectivity index (χ1n) is 10.9. The minimum absolute atomic E-state index is 0.0328. The van der Waals surface area contributed by atoms with Crippen molar-refractivity contribution >= 4 is 35.0 Å². The molecule has 1 aromatic carbocycles. The van der Waals surface area contributed by atoms with Crippen molar-refractivity contribution in [2.45, 2.75) is 38.7 Å². The van der Waals surface area contributed by atoms with Crippen molar-refractivity contribution in [1.29, 1.82) is 0 Å². The minimum atomic E-state index is -3.00. The van der Waals surface area contributed by atoms with Gasteiger partial charge in [-0.1, -0.05) is 17.7 Å². The summed E-state index contributed by atoms with van der Waals surface area (Å²) in [6.07, 6.45) is 9.11. The number of hydrogen-bond donors (Lipinski definition) is 2. The van der Waals surface area contributed by atoms with Gasteiger partial charge in [0.2, 0.25) is 0 Å². The maximum Gasteiger partial charge on any atom is 0.387 e. The van der Waals surface area contributed by atoms with Gasteiger partial charge in [-0.2, -0.15) is 8.78 Å². The van der Waals surface area contributed by atoms with Crippen molar-refractivity contribution < 1.29 is 32.6 Å². The molecule has 4 amide bonds. The molecule has 1 aliphatic carbocycles. The molecule has 34 heavy (non-hydrogen) atoms. The Morgan fingerprint density at radius 1 is 1.21 bits per heavy atom. The average Bonchev–Trinajstić information content (AvgIpc) is 3.07. The first-order valence-corrected chi connectivity index (χ1v) is 11.8. The summed E-state index contributed by atoms with van der Waals surface area (Å²) in [5, 5.41) is 4.98. The summed E-state index contributed by atoms with van der Waals surface area (Å²) < 4.78 is 34.4. The van der Waals surface area contributed by atoms with Gasteiger partial charge in [0.15, 0.2) is 11.5 Å². The number of alkyl halides is 2. The molecule has 1 aromatic rings. The maximum atomic E-state index is 12.6. The summed E-state index contributed by atoms with van der Waals surface area (Å²) >= 11 is 0.765. The van der Waals surface area contributed by atoms with Crippen LogP contribution in [0.2, 0.25) is 0 Å². The van der Waals surface area contributed by atoms with Crippen LogP contribution in [0.3, 0.4) is 0 Å². The molecule has 11 heteroatoms. The number of thioether (sulfide) groups is 1. The van der Waals surface area contributed by atoms with Crippen molar-refractivity contribution in [3.8, 4) is 11.5 Å². The van der Waals surface area contributed by atoms with Crippen LogP contribution in [-0.2, 0) is 4.79 Å². The number of imide groups is 1. The Morgan fingerprint density at radius 2 is 2.00 bits per heavy atom. The van der Waals surface area contributed by atoms with Gasteiger partial charge in [0.05, 0.1) is 12.0 Å². The van der Waals surface area contributed by atoms with E-state index in [4.69, 9.17) is 4.74 Å². The lowest BCUT2D eigenvalue weighted by Crippen LogP contribution is -2.41. The lowest BCUT2D eigenvalue weighted by Gasteiger charge is -2.15. The van der Waals surface area contributed by atoms with Gasteiger partial charge in [-0.25, -0.2) is 4.79 Å². The molecule has 2 N–H and O–H groups in total. The topological polar surface area (TPSA) is 97.0 Å². The highest BCUT2D eigenvalue weighted by Gasteiger charge is 2.34. The van der Waals surface area contributed by atoms with E-state index in [1.165, 1.54) is 49.8 Å². The van der Waals surface area contributed by atoms with Gasteiger partial charge in [-0.05, 0) is 67.6 Å². The standard InChI is InChI=1S/C23H27F2N3O5S/c1-32-18-13-16(7-8-17(18)33-21(24)25)14-19-20(29)28(23(31)34-19)12-11-27-22(30)26-10-9-15-5-3-2-4-6-15/h5,7-8,13-14,21H,2-4,6,9-12H2,1H3,(H2,26,27,30)/b19-14-. The Hall–Kier alpha value is -3.08. The monoisotopic (exact) mass is 495 g/mol. The minimum Gasteiger partial charge on any atom is -0.493 e. The molecule has 0 spiro atoms. The molecule has 0 atom stereocenters. The van der Waals surface area contributed by atoms with Crippen molar-refractivity contribution in [3.05, 3.63) is 40.3 Å². The molecular formula is C23H27F2N3O5S. The first-order chi connectivity index (χ1) is 16.4. The summed E-state index contributed by atoms with van der Waals surface area (Å²) in [5.74, 6) is -0.556. The number of nitrogens with one attached hydrogen (secondary N) is 2. The van der Waals surface area contributed by atoms with Gasteiger partial charge < -0.3 is 20.1 Å². The Morgan fingerprint density at radius 3 is 2.71 bits per heavy atom. The molecule has 1 fully saturated rings. The molecular weight excluding hydrogens is 468 g/mol. The van der Waals surface area contributed by atoms with Gasteiger partial charge in [-0.15, -0.1) is 0 Å². The average molecular weight is 496 g/mol. The summed E-state index contributed by atoms with van der Waals surface area (Å²) in [6, 6.07) is 3.86. The number of hydrogen-bond acceptors (Lipinski definition) is 6. The number of urea groups is 1. The van der Waals surface area contributed by atoms with E-state index >= 15 is 0 Å². The van der Waals surface area contributed by atoms with Gasteiger partial charge in [0.25, 0.3) is 11.1 Å². The molecule has 1 heterocycles. The normalized spacial score (nSPS) is 17.2.